The molecule has 0 N–H and O–H groups in total. The Bertz CT molecular complexity index is 18.3. The molecule has 0 aromatic rings. The predicted molar refractivity (Wildman–Crippen MR) is 21.1 cm³/mol. The molecule has 0 saturated carbocycles. The normalized spacial score (nSPS) is 7.00. The molecule has 0 aromatic heterocycles. The van der Waals surface area contributed by atoms with Crippen LogP contribution in [0.4, 0.5) is 0 Å². The van der Waals surface area contributed by atoms with Crippen molar-refractivity contribution in [2.24, 2.45) is 0 Å². The van der Waals surface area contributed by atoms with E-state index >= 15 is 0 Å². The molecule has 0 spiro atoms. The third-order valence-corrected chi connectivity index (χ3v) is 0.368. The molecule has 0 bridgehead atoms. The zero-order valence-electron chi connectivity index (χ0n) is 3.23. The Hall–Kier alpha value is 0.800. The first-order valence-electron chi connectivity index (χ1n) is 1.35. The van der Waals surface area contributed by atoms with Gasteiger partial charge in [-0.15, -0.1) is 0 Å². The number of hydrogen-bond donors (Lipinski definition) is 0. The van der Waals surface area contributed by atoms with Crippen molar-refractivity contribution in [1.29, 1.82) is 0 Å². The molecule has 0 rings (SSSR count). The van der Waals surface area contributed by atoms with E-state index in [9.17, 15) is 0 Å². The first-order chi connectivity index (χ1) is 2.41. The molecule has 0 fully saturated rings. The molecule has 6 heavy (non-hydrogen) atoms. The molecule has 1 nitrogen and oxygen atoms in total. The minimum absolute atomic E-state index is 0. The van der Waals surface area contributed by atoms with Crippen LogP contribution in [0.15, 0.2) is 0 Å². The van der Waals surface area contributed by atoms with Gasteiger partial charge in [0.2, 0.25) is 10.5 Å². The van der Waals surface area contributed by atoms with Gasteiger partial charge < -0.3 is 11.3 Å². The van der Waals surface area contributed by atoms with Crippen molar-refractivity contribution in [3.05, 3.63) is 13.5 Å². The molecule has 4 radical (unpaired) electrons. The van der Waals surface area contributed by atoms with E-state index in [0.29, 0.717) is 6.42 Å². The Labute approximate surface area is 54.8 Å². The average Bonchev–Trinajstić information content (AvgIpc) is 1.41. The molecule has 3 heteroatoms. The van der Waals surface area contributed by atoms with Crippen LogP contribution in [-0.2, 0) is 23.9 Å². The molecular formula is C3H5ORhSi. The van der Waals surface area contributed by atoms with Crippen molar-refractivity contribution in [3.8, 4) is 0 Å². The molecule has 0 aliphatic heterocycles. The largest absolute Gasteiger partial charge is 2.00 e. The van der Waals surface area contributed by atoms with Crippen LogP contribution in [0, 0.1) is 13.5 Å². The SMILES string of the molecule is [CH2-]C[CH-]O[Si].[Rh+2]. The molecule has 0 heterocycles. The molecule has 0 saturated heterocycles. The van der Waals surface area contributed by atoms with E-state index in [1.165, 1.54) is 0 Å². The summed E-state index contributed by atoms with van der Waals surface area (Å²) in [6.45, 7) is 5.02. The van der Waals surface area contributed by atoms with Gasteiger partial charge in [0, 0.05) is 0 Å². The molecule has 0 atom stereocenters. The maximum atomic E-state index is 4.31. The molecule has 0 aromatic carbocycles. The van der Waals surface area contributed by atoms with Crippen LogP contribution in [0.2, 0.25) is 0 Å². The van der Waals surface area contributed by atoms with Crippen LogP contribution in [-0.4, -0.2) is 10.5 Å². The van der Waals surface area contributed by atoms with Gasteiger partial charge in [-0.05, 0) is 0 Å². The van der Waals surface area contributed by atoms with Gasteiger partial charge in [0.25, 0.3) is 0 Å². The van der Waals surface area contributed by atoms with Crippen molar-refractivity contribution >= 4 is 10.5 Å². The topological polar surface area (TPSA) is 9.23 Å². The average molecular weight is 188 g/mol. The van der Waals surface area contributed by atoms with Crippen LogP contribution in [0.3, 0.4) is 0 Å². The Morgan fingerprint density at radius 2 is 2.33 bits per heavy atom. The second kappa shape index (κ2) is 9.25. The molecule has 0 amide bonds. The molecule has 0 aliphatic carbocycles. The van der Waals surface area contributed by atoms with Crippen LogP contribution in [0.25, 0.3) is 0 Å². The third kappa shape index (κ3) is 8.84. The second-order valence-corrected chi connectivity index (χ2v) is 0.809. The van der Waals surface area contributed by atoms with E-state index in [1.807, 2.05) is 0 Å². The first-order valence-corrected chi connectivity index (χ1v) is 1.76. The fraction of sp³-hybridized carbons (Fsp3) is 0.333. The van der Waals surface area contributed by atoms with E-state index < -0.39 is 0 Å². The fourth-order valence-corrected chi connectivity index (χ4v) is 0.177. The van der Waals surface area contributed by atoms with Gasteiger partial charge in [-0.2, -0.15) is 0 Å². The van der Waals surface area contributed by atoms with Gasteiger partial charge in [0.15, 0.2) is 0 Å². The zero-order valence-corrected chi connectivity index (χ0v) is 5.87. The smallest absolute Gasteiger partial charge is 0.596 e. The van der Waals surface area contributed by atoms with Crippen LogP contribution < -0.4 is 0 Å². The molecule has 0 unspecified atom stereocenters. The minimum Gasteiger partial charge on any atom is -0.596 e. The number of rotatable bonds is 2. The van der Waals surface area contributed by atoms with Crippen molar-refractivity contribution < 1.29 is 23.9 Å². The summed E-state index contributed by atoms with van der Waals surface area (Å²) in [6, 6.07) is 0. The molecular weight excluding hydrogens is 183 g/mol. The minimum atomic E-state index is 0. The second-order valence-electron chi connectivity index (χ2n) is 0.573. The van der Waals surface area contributed by atoms with E-state index in [0.717, 1.165) is 0 Å². The quantitative estimate of drug-likeness (QED) is 0.452. The summed E-state index contributed by atoms with van der Waals surface area (Å²) in [5.74, 6) is 0. The fourth-order valence-electron chi connectivity index (χ4n) is 0.0589. The van der Waals surface area contributed by atoms with E-state index in [1.54, 1.807) is 6.61 Å². The van der Waals surface area contributed by atoms with Gasteiger partial charge in [-0.3, -0.25) is 13.0 Å². The van der Waals surface area contributed by atoms with Crippen LogP contribution in [0.5, 0.6) is 0 Å². The standard InChI is InChI=1S/C3H5OSi.Rh/c1-2-3-4-5;/h3H,1-2H2;/q-2;+2. The van der Waals surface area contributed by atoms with Crippen molar-refractivity contribution in [1.82, 2.24) is 0 Å². The Morgan fingerprint density at radius 3 is 2.33 bits per heavy atom. The predicted octanol–water partition coefficient (Wildman–Crippen LogP) is 0.470. The van der Waals surface area contributed by atoms with Crippen LogP contribution >= 0.6 is 0 Å². The summed E-state index contributed by atoms with van der Waals surface area (Å²) in [7, 11) is 2.75. The summed E-state index contributed by atoms with van der Waals surface area (Å²) in [6.07, 6.45) is 0.698. The van der Waals surface area contributed by atoms with Gasteiger partial charge in [-0.1, -0.05) is 0 Å². The summed E-state index contributed by atoms with van der Waals surface area (Å²) >= 11 is 0. The van der Waals surface area contributed by atoms with Gasteiger partial charge >= 0.3 is 19.5 Å². The monoisotopic (exact) mass is 188 g/mol. The maximum Gasteiger partial charge on any atom is 2.00 e. The van der Waals surface area contributed by atoms with Crippen molar-refractivity contribution in [2.45, 2.75) is 6.42 Å². The Balaban J connectivity index is 0. The third-order valence-electron chi connectivity index (χ3n) is 0.201. The summed E-state index contributed by atoms with van der Waals surface area (Å²) in [5, 5.41) is 0. The van der Waals surface area contributed by atoms with Gasteiger partial charge in [-0.25, -0.2) is 0 Å². The van der Waals surface area contributed by atoms with E-state index in [4.69, 9.17) is 0 Å². The molecule has 36 valence electrons. The van der Waals surface area contributed by atoms with Gasteiger partial charge in [0.05, 0.1) is 0 Å². The summed E-state index contributed by atoms with van der Waals surface area (Å²) in [4.78, 5) is 0. The van der Waals surface area contributed by atoms with Crippen LogP contribution in [0.1, 0.15) is 6.42 Å². The summed E-state index contributed by atoms with van der Waals surface area (Å²) in [5.41, 5.74) is 0. The summed E-state index contributed by atoms with van der Waals surface area (Å²) < 4.78 is 4.31. The Morgan fingerprint density at radius 1 is 1.83 bits per heavy atom. The Kier molecular flexibility index (Phi) is 15.3. The zero-order chi connectivity index (χ0) is 4.12. The van der Waals surface area contributed by atoms with Gasteiger partial charge in [0.1, 0.15) is 0 Å². The first kappa shape index (κ1) is 9.93. The van der Waals surface area contributed by atoms with E-state index in [-0.39, 0.29) is 19.5 Å². The molecule has 0 aliphatic rings. The van der Waals surface area contributed by atoms with Crippen molar-refractivity contribution in [2.75, 3.05) is 0 Å². The maximum absolute atomic E-state index is 4.31. The number of hydrogen-bond acceptors (Lipinski definition) is 1. The van der Waals surface area contributed by atoms with Crippen molar-refractivity contribution in [3.63, 3.8) is 0 Å². The van der Waals surface area contributed by atoms with E-state index in [2.05, 4.69) is 21.8 Å².